The molecule has 0 radical (unpaired) electrons. The van der Waals surface area contributed by atoms with Gasteiger partial charge in [-0.15, -0.1) is 0 Å². The summed E-state index contributed by atoms with van der Waals surface area (Å²) in [6, 6.07) is 3.56. The fraction of sp³-hybridized carbons (Fsp3) is 0.273. The summed E-state index contributed by atoms with van der Waals surface area (Å²) in [6.07, 6.45) is -0.513. The molecular weight excluding hydrogens is 216 g/mol. The molecule has 0 aromatic heterocycles. The van der Waals surface area contributed by atoms with Crippen molar-refractivity contribution in [1.29, 1.82) is 5.26 Å². The number of benzene rings is 1. The van der Waals surface area contributed by atoms with E-state index in [1.165, 1.54) is 0 Å². The first kappa shape index (κ1) is 12.1. The maximum atomic E-state index is 13.5. The highest BCUT2D eigenvalue weighted by atomic mass is 19.1. The Hall–Kier alpha value is -1.96. The van der Waals surface area contributed by atoms with Gasteiger partial charge >= 0.3 is 5.97 Å². The Balaban J connectivity index is 3.04. The summed E-state index contributed by atoms with van der Waals surface area (Å²) >= 11 is 0. The Bertz CT molecular complexity index is 452. The van der Waals surface area contributed by atoms with Gasteiger partial charge in [-0.2, -0.15) is 5.26 Å². The topological polar surface area (TPSA) is 50.1 Å². The number of hydrogen-bond donors (Lipinski definition) is 0. The van der Waals surface area contributed by atoms with Crippen LogP contribution < -0.4 is 0 Å². The molecule has 0 saturated heterocycles. The molecule has 0 N–H and O–H groups in total. The molecule has 0 aliphatic heterocycles. The molecule has 0 amide bonds. The summed E-state index contributed by atoms with van der Waals surface area (Å²) in [6.45, 7) is 1.73. The van der Waals surface area contributed by atoms with E-state index >= 15 is 0 Å². The third-order valence-corrected chi connectivity index (χ3v) is 1.93. The van der Waals surface area contributed by atoms with Crippen LogP contribution in [0.1, 0.15) is 18.1 Å². The molecule has 3 nitrogen and oxygen atoms in total. The van der Waals surface area contributed by atoms with Gasteiger partial charge in [-0.1, -0.05) is 0 Å². The van der Waals surface area contributed by atoms with Gasteiger partial charge in [0, 0.05) is 5.56 Å². The zero-order valence-electron chi connectivity index (χ0n) is 8.59. The highest BCUT2D eigenvalue weighted by Crippen LogP contribution is 2.17. The van der Waals surface area contributed by atoms with Crippen LogP contribution in [0.25, 0.3) is 0 Å². The third-order valence-electron chi connectivity index (χ3n) is 1.93. The molecular formula is C11H9F2NO2. The van der Waals surface area contributed by atoms with Crippen molar-refractivity contribution < 1.29 is 18.3 Å². The lowest BCUT2D eigenvalue weighted by molar-refractivity contribution is -0.142. The number of ether oxygens (including phenoxy) is 1. The van der Waals surface area contributed by atoms with Gasteiger partial charge in [0.05, 0.1) is 18.6 Å². The van der Waals surface area contributed by atoms with Gasteiger partial charge in [0.15, 0.2) is 0 Å². The Labute approximate surface area is 91.3 Å². The fourth-order valence-electron chi connectivity index (χ4n) is 1.20. The third kappa shape index (κ3) is 2.54. The molecule has 16 heavy (non-hydrogen) atoms. The van der Waals surface area contributed by atoms with Crippen LogP contribution in [-0.4, -0.2) is 12.6 Å². The van der Waals surface area contributed by atoms with E-state index in [1.54, 1.807) is 13.0 Å². The van der Waals surface area contributed by atoms with Gasteiger partial charge < -0.3 is 4.74 Å². The number of carbonyl (C=O) groups is 1. The van der Waals surface area contributed by atoms with Crippen molar-refractivity contribution in [3.8, 4) is 6.07 Å². The normalized spacial score (nSPS) is 9.62. The summed E-state index contributed by atoms with van der Waals surface area (Å²) in [5.41, 5.74) is -0.724. The number of hydrogen-bond acceptors (Lipinski definition) is 3. The van der Waals surface area contributed by atoms with Gasteiger partial charge in [-0.05, 0) is 19.1 Å². The lowest BCUT2D eigenvalue weighted by atomic mass is 10.1. The molecule has 0 aliphatic rings. The SMILES string of the molecule is CCOC(=O)Cc1c(F)ccc(C#N)c1F. The number of nitriles is 1. The first-order valence-electron chi connectivity index (χ1n) is 4.62. The molecule has 0 bridgehead atoms. The predicted molar refractivity (Wildman–Crippen MR) is 51.4 cm³/mol. The first-order chi connectivity index (χ1) is 7.60. The van der Waals surface area contributed by atoms with E-state index in [1.807, 2.05) is 0 Å². The van der Waals surface area contributed by atoms with E-state index in [0.29, 0.717) is 0 Å². The van der Waals surface area contributed by atoms with Crippen LogP contribution in [0.4, 0.5) is 8.78 Å². The van der Waals surface area contributed by atoms with Gasteiger partial charge in [0.25, 0.3) is 0 Å². The minimum atomic E-state index is -1.00. The summed E-state index contributed by atoms with van der Waals surface area (Å²) in [5, 5.41) is 8.54. The van der Waals surface area contributed by atoms with Crippen LogP contribution >= 0.6 is 0 Å². The number of halogens is 2. The molecule has 1 rings (SSSR count). The van der Waals surface area contributed by atoms with Gasteiger partial charge in [-0.3, -0.25) is 4.79 Å². The van der Waals surface area contributed by atoms with Crippen LogP contribution in [-0.2, 0) is 16.0 Å². The van der Waals surface area contributed by atoms with E-state index in [-0.39, 0.29) is 12.2 Å². The Kier molecular flexibility index (Phi) is 3.95. The molecule has 84 valence electrons. The molecule has 5 heteroatoms. The summed E-state index contributed by atoms with van der Waals surface area (Å²) < 4.78 is 31.2. The van der Waals surface area contributed by atoms with E-state index in [9.17, 15) is 13.6 Å². The second-order valence-electron chi connectivity index (χ2n) is 2.98. The number of carbonyl (C=O) groups excluding carboxylic acids is 1. The Morgan fingerprint density at radius 2 is 2.19 bits per heavy atom. The van der Waals surface area contributed by atoms with E-state index in [4.69, 9.17) is 5.26 Å². The molecule has 0 spiro atoms. The average Bonchev–Trinajstić information content (AvgIpc) is 2.25. The Morgan fingerprint density at radius 3 is 2.75 bits per heavy atom. The van der Waals surface area contributed by atoms with Crippen LogP contribution in [0.5, 0.6) is 0 Å². The predicted octanol–water partition coefficient (Wildman–Crippen LogP) is 1.94. The minimum Gasteiger partial charge on any atom is -0.466 e. The van der Waals surface area contributed by atoms with Crippen molar-refractivity contribution in [1.82, 2.24) is 0 Å². The van der Waals surface area contributed by atoms with E-state index in [2.05, 4.69) is 4.74 Å². The van der Waals surface area contributed by atoms with Crippen molar-refractivity contribution in [2.45, 2.75) is 13.3 Å². The lowest BCUT2D eigenvalue weighted by Gasteiger charge is -2.05. The van der Waals surface area contributed by atoms with Crippen molar-refractivity contribution in [3.05, 3.63) is 34.9 Å². The number of nitrogens with zero attached hydrogens (tertiary/aromatic N) is 1. The van der Waals surface area contributed by atoms with Crippen LogP contribution in [0.2, 0.25) is 0 Å². The van der Waals surface area contributed by atoms with Gasteiger partial charge in [-0.25, -0.2) is 8.78 Å². The largest absolute Gasteiger partial charge is 0.466 e. The van der Waals surface area contributed by atoms with Crippen LogP contribution in [0, 0.1) is 23.0 Å². The molecule has 0 aliphatic carbocycles. The molecule has 1 aromatic carbocycles. The summed E-state index contributed by atoms with van der Waals surface area (Å²) in [4.78, 5) is 11.1. The smallest absolute Gasteiger partial charge is 0.310 e. The second kappa shape index (κ2) is 5.21. The quantitative estimate of drug-likeness (QED) is 0.738. The number of esters is 1. The molecule has 0 unspecified atom stereocenters. The maximum absolute atomic E-state index is 13.5. The molecule has 0 heterocycles. The average molecular weight is 225 g/mol. The van der Waals surface area contributed by atoms with Crippen molar-refractivity contribution in [3.63, 3.8) is 0 Å². The van der Waals surface area contributed by atoms with E-state index < -0.39 is 29.6 Å². The monoisotopic (exact) mass is 225 g/mol. The summed E-state index contributed by atoms with van der Waals surface area (Å²) in [7, 11) is 0. The standard InChI is InChI=1S/C11H9F2NO2/c1-2-16-10(15)5-8-9(12)4-3-7(6-14)11(8)13/h3-4H,2,5H2,1H3. The zero-order valence-corrected chi connectivity index (χ0v) is 8.59. The second-order valence-corrected chi connectivity index (χ2v) is 2.98. The lowest BCUT2D eigenvalue weighted by Crippen LogP contribution is -2.11. The zero-order chi connectivity index (χ0) is 12.1. The van der Waals surface area contributed by atoms with Crippen molar-refractivity contribution in [2.75, 3.05) is 6.61 Å². The van der Waals surface area contributed by atoms with Gasteiger partial charge in [0.2, 0.25) is 0 Å². The number of rotatable bonds is 3. The summed E-state index contributed by atoms with van der Waals surface area (Å²) in [5.74, 6) is -2.59. The minimum absolute atomic E-state index is 0.139. The fourth-order valence-corrected chi connectivity index (χ4v) is 1.20. The highest BCUT2D eigenvalue weighted by Gasteiger charge is 2.17. The molecule has 0 fully saturated rings. The van der Waals surface area contributed by atoms with Crippen molar-refractivity contribution in [2.24, 2.45) is 0 Å². The van der Waals surface area contributed by atoms with Crippen molar-refractivity contribution >= 4 is 5.97 Å². The maximum Gasteiger partial charge on any atom is 0.310 e. The van der Waals surface area contributed by atoms with E-state index in [0.717, 1.165) is 12.1 Å². The van der Waals surface area contributed by atoms with Gasteiger partial charge in [0.1, 0.15) is 17.7 Å². The van der Waals surface area contributed by atoms with Crippen LogP contribution in [0.15, 0.2) is 12.1 Å². The Morgan fingerprint density at radius 1 is 1.50 bits per heavy atom. The first-order valence-corrected chi connectivity index (χ1v) is 4.62. The molecule has 1 aromatic rings. The highest BCUT2D eigenvalue weighted by molar-refractivity contribution is 5.72. The molecule has 0 atom stereocenters. The molecule has 0 saturated carbocycles. The van der Waals surface area contributed by atoms with Crippen LogP contribution in [0.3, 0.4) is 0 Å².